The fraction of sp³-hybridized carbons (Fsp3) is 0.263. The summed E-state index contributed by atoms with van der Waals surface area (Å²) >= 11 is 0. The molecule has 2 aromatic rings. The molecule has 0 spiro atoms. The number of carbonyl (C=O) groups is 2. The van der Waals surface area contributed by atoms with Gasteiger partial charge in [0.1, 0.15) is 12.1 Å². The molecule has 0 radical (unpaired) electrons. The number of hydrogen-bond donors (Lipinski definition) is 2. The van der Waals surface area contributed by atoms with Crippen molar-refractivity contribution in [3.05, 3.63) is 71.8 Å². The summed E-state index contributed by atoms with van der Waals surface area (Å²) in [5.41, 5.74) is 1.91. The normalized spacial score (nSPS) is 12.9. The van der Waals surface area contributed by atoms with Crippen LogP contribution in [0, 0.1) is 0 Å². The Balaban J connectivity index is 2.11. The van der Waals surface area contributed by atoms with Crippen LogP contribution in [0.15, 0.2) is 60.7 Å². The summed E-state index contributed by atoms with van der Waals surface area (Å²) in [4.78, 5) is 24.1. The first-order valence-electron chi connectivity index (χ1n) is 7.82. The lowest BCUT2D eigenvalue weighted by atomic mass is 10.1. The molecule has 0 bridgehead atoms. The largest absolute Gasteiger partial charge is 0.467 e. The number of esters is 1. The number of ether oxygens (including phenoxy) is 1. The molecular weight excluding hydrogens is 304 g/mol. The summed E-state index contributed by atoms with van der Waals surface area (Å²) < 4.78 is 4.65. The second kappa shape index (κ2) is 8.84. The third-order valence-corrected chi connectivity index (χ3v) is 3.66. The maximum absolute atomic E-state index is 12.6. The number of hydrogen-bond acceptors (Lipinski definition) is 4. The number of rotatable bonds is 7. The summed E-state index contributed by atoms with van der Waals surface area (Å²) in [5, 5.41) is 5.94. The Kier molecular flexibility index (Phi) is 6.51. The Labute approximate surface area is 142 Å². The van der Waals surface area contributed by atoms with Gasteiger partial charge in [-0.2, -0.15) is 0 Å². The first-order chi connectivity index (χ1) is 11.6. The molecule has 2 aromatic carbocycles. The summed E-state index contributed by atoms with van der Waals surface area (Å²) in [7, 11) is 1.30. The molecule has 0 aliphatic heterocycles. The van der Waals surface area contributed by atoms with Crippen molar-refractivity contribution in [2.45, 2.75) is 25.6 Å². The van der Waals surface area contributed by atoms with Crippen LogP contribution in [-0.4, -0.2) is 25.0 Å². The van der Waals surface area contributed by atoms with Gasteiger partial charge in [-0.1, -0.05) is 60.7 Å². The summed E-state index contributed by atoms with van der Waals surface area (Å²) in [5.74, 6) is -0.742. The van der Waals surface area contributed by atoms with E-state index in [1.165, 1.54) is 7.11 Å². The Morgan fingerprint density at radius 2 is 1.58 bits per heavy atom. The molecule has 0 heterocycles. The predicted octanol–water partition coefficient (Wildman–Crippen LogP) is 2.20. The van der Waals surface area contributed by atoms with Gasteiger partial charge < -0.3 is 10.1 Å². The van der Waals surface area contributed by atoms with Gasteiger partial charge in [-0.25, -0.2) is 4.79 Å². The Morgan fingerprint density at radius 3 is 2.17 bits per heavy atom. The molecule has 0 aromatic heterocycles. The van der Waals surface area contributed by atoms with Gasteiger partial charge in [-0.05, 0) is 18.1 Å². The van der Waals surface area contributed by atoms with Crippen molar-refractivity contribution in [3.63, 3.8) is 0 Å². The smallest absolute Gasteiger partial charge is 0.328 e. The molecule has 0 aliphatic carbocycles. The average molecular weight is 326 g/mol. The van der Waals surface area contributed by atoms with E-state index in [2.05, 4.69) is 15.4 Å². The van der Waals surface area contributed by atoms with Gasteiger partial charge in [0, 0.05) is 6.54 Å². The summed E-state index contributed by atoms with van der Waals surface area (Å²) in [6.45, 7) is 2.14. The van der Waals surface area contributed by atoms with Gasteiger partial charge in [0.2, 0.25) is 5.91 Å². The van der Waals surface area contributed by atoms with Crippen LogP contribution in [0.25, 0.3) is 0 Å². The van der Waals surface area contributed by atoms with Crippen LogP contribution in [0.5, 0.6) is 0 Å². The van der Waals surface area contributed by atoms with Crippen LogP contribution < -0.4 is 10.6 Å². The Morgan fingerprint density at radius 1 is 1.00 bits per heavy atom. The molecule has 5 heteroatoms. The van der Waals surface area contributed by atoms with Gasteiger partial charge in [0.05, 0.1) is 7.11 Å². The molecule has 0 fully saturated rings. The zero-order valence-electron chi connectivity index (χ0n) is 13.9. The van der Waals surface area contributed by atoms with E-state index in [1.54, 1.807) is 6.92 Å². The minimum atomic E-state index is -0.702. The van der Waals surface area contributed by atoms with Crippen LogP contribution in [0.4, 0.5) is 0 Å². The van der Waals surface area contributed by atoms with Crippen molar-refractivity contribution < 1.29 is 14.3 Å². The van der Waals surface area contributed by atoms with Gasteiger partial charge in [-0.15, -0.1) is 0 Å². The van der Waals surface area contributed by atoms with Crippen LogP contribution in [0.1, 0.15) is 24.1 Å². The molecule has 5 nitrogen and oxygen atoms in total. The number of benzene rings is 2. The highest BCUT2D eigenvalue weighted by Crippen LogP contribution is 2.14. The quantitative estimate of drug-likeness (QED) is 0.766. The standard InChI is InChI=1S/C19H22N2O3/c1-14(19(23)24-2)21-18(22)17(16-11-7-4-8-12-16)20-13-15-9-5-3-6-10-15/h3-12,14,17,20H,13H2,1-2H3,(H,21,22)/t14-,17+/m0/s1. The van der Waals surface area contributed by atoms with Gasteiger partial charge in [0.15, 0.2) is 0 Å². The zero-order chi connectivity index (χ0) is 17.4. The molecular formula is C19H22N2O3. The van der Waals surface area contributed by atoms with Gasteiger partial charge in [-0.3, -0.25) is 10.1 Å². The molecule has 0 aliphatic rings. The molecule has 0 unspecified atom stereocenters. The fourth-order valence-corrected chi connectivity index (χ4v) is 2.36. The van der Waals surface area contributed by atoms with Crippen molar-refractivity contribution in [2.24, 2.45) is 0 Å². The topological polar surface area (TPSA) is 67.4 Å². The predicted molar refractivity (Wildman–Crippen MR) is 92.1 cm³/mol. The van der Waals surface area contributed by atoms with E-state index < -0.39 is 18.1 Å². The lowest BCUT2D eigenvalue weighted by Crippen LogP contribution is -2.45. The lowest BCUT2D eigenvalue weighted by Gasteiger charge is -2.21. The van der Waals surface area contributed by atoms with E-state index >= 15 is 0 Å². The molecule has 2 atom stereocenters. The summed E-state index contributed by atoms with van der Waals surface area (Å²) in [6.07, 6.45) is 0. The SMILES string of the molecule is COC(=O)[C@H](C)NC(=O)[C@H](NCc1ccccc1)c1ccccc1. The minimum Gasteiger partial charge on any atom is -0.467 e. The molecule has 24 heavy (non-hydrogen) atoms. The fourth-order valence-electron chi connectivity index (χ4n) is 2.36. The minimum absolute atomic E-state index is 0.268. The maximum Gasteiger partial charge on any atom is 0.328 e. The monoisotopic (exact) mass is 326 g/mol. The molecule has 2 rings (SSSR count). The maximum atomic E-state index is 12.6. The van der Waals surface area contributed by atoms with E-state index in [1.807, 2.05) is 60.7 Å². The molecule has 2 N–H and O–H groups in total. The molecule has 1 amide bonds. The van der Waals surface area contributed by atoms with Crippen molar-refractivity contribution in [1.82, 2.24) is 10.6 Å². The first kappa shape index (κ1) is 17.7. The van der Waals surface area contributed by atoms with E-state index in [9.17, 15) is 9.59 Å². The number of methoxy groups -OCH3 is 1. The van der Waals surface area contributed by atoms with Crippen molar-refractivity contribution >= 4 is 11.9 Å². The van der Waals surface area contributed by atoms with Crippen LogP contribution >= 0.6 is 0 Å². The molecule has 126 valence electrons. The van der Waals surface area contributed by atoms with E-state index in [4.69, 9.17) is 0 Å². The van der Waals surface area contributed by atoms with Crippen LogP contribution in [0.3, 0.4) is 0 Å². The Bertz CT molecular complexity index is 659. The van der Waals surface area contributed by atoms with Crippen LogP contribution in [0.2, 0.25) is 0 Å². The van der Waals surface area contributed by atoms with Gasteiger partial charge >= 0.3 is 5.97 Å². The second-order valence-corrected chi connectivity index (χ2v) is 5.46. The third-order valence-electron chi connectivity index (χ3n) is 3.66. The molecule has 0 saturated carbocycles. The van der Waals surface area contributed by atoms with Crippen molar-refractivity contribution in [2.75, 3.05) is 7.11 Å². The van der Waals surface area contributed by atoms with Crippen LogP contribution in [-0.2, 0) is 20.9 Å². The number of nitrogens with one attached hydrogen (secondary N) is 2. The second-order valence-electron chi connectivity index (χ2n) is 5.46. The summed E-state index contributed by atoms with van der Waals surface area (Å²) in [6, 6.07) is 18.0. The number of carbonyl (C=O) groups excluding carboxylic acids is 2. The highest BCUT2D eigenvalue weighted by Gasteiger charge is 2.24. The first-order valence-corrected chi connectivity index (χ1v) is 7.82. The third kappa shape index (κ3) is 4.93. The van der Waals surface area contributed by atoms with Crippen molar-refractivity contribution in [3.8, 4) is 0 Å². The lowest BCUT2D eigenvalue weighted by molar-refractivity contribution is -0.144. The van der Waals surface area contributed by atoms with E-state index in [0.717, 1.165) is 11.1 Å². The van der Waals surface area contributed by atoms with Crippen molar-refractivity contribution in [1.29, 1.82) is 0 Å². The highest BCUT2D eigenvalue weighted by molar-refractivity contribution is 5.88. The van der Waals surface area contributed by atoms with E-state index in [0.29, 0.717) is 6.54 Å². The average Bonchev–Trinajstić information content (AvgIpc) is 2.63. The van der Waals surface area contributed by atoms with E-state index in [-0.39, 0.29) is 5.91 Å². The molecule has 0 saturated heterocycles. The number of amides is 1. The van der Waals surface area contributed by atoms with Gasteiger partial charge in [0.25, 0.3) is 0 Å². The highest BCUT2D eigenvalue weighted by atomic mass is 16.5. The Hall–Kier alpha value is -2.66. The zero-order valence-corrected chi connectivity index (χ0v) is 13.9.